The van der Waals surface area contributed by atoms with Crippen molar-refractivity contribution in [2.45, 2.75) is 0 Å². The monoisotopic (exact) mass is 378 g/mol. The summed E-state index contributed by atoms with van der Waals surface area (Å²) in [4.78, 5) is 61.5. The molecule has 7 nitrogen and oxygen atoms in total. The average Bonchev–Trinajstić information content (AvgIpc) is 2.77. The molecule has 0 bridgehead atoms. The second-order valence-corrected chi connectivity index (χ2v) is 6.45. The molecule has 0 unspecified atom stereocenters. The number of nitrogens with zero attached hydrogens (tertiary/aromatic N) is 2. The lowest BCUT2D eigenvalue weighted by molar-refractivity contribution is 0.0535. The summed E-state index contributed by atoms with van der Waals surface area (Å²) in [7, 11) is 0. The van der Waals surface area contributed by atoms with E-state index in [9.17, 15) is 24.0 Å². The summed E-state index contributed by atoms with van der Waals surface area (Å²) < 4.78 is 0. The normalized spacial score (nSPS) is 13.7. The highest BCUT2D eigenvalue weighted by Gasteiger charge is 2.26. The molecule has 3 rings (SSSR count). The van der Waals surface area contributed by atoms with Crippen molar-refractivity contribution in [3.63, 3.8) is 0 Å². The van der Waals surface area contributed by atoms with Gasteiger partial charge in [0.05, 0.1) is 0 Å². The molecule has 7 heteroatoms. The molecule has 0 aliphatic carbocycles. The molecule has 0 saturated carbocycles. The van der Waals surface area contributed by atoms with E-state index < -0.39 is 0 Å². The first-order chi connectivity index (χ1) is 13.5. The molecule has 142 valence electrons. The van der Waals surface area contributed by atoms with Crippen molar-refractivity contribution in [2.24, 2.45) is 0 Å². The van der Waals surface area contributed by atoms with Crippen molar-refractivity contribution in [1.82, 2.24) is 9.80 Å². The largest absolute Gasteiger partial charge is 0.335 e. The quantitative estimate of drug-likeness (QED) is 0.739. The van der Waals surface area contributed by atoms with Crippen molar-refractivity contribution in [1.29, 1.82) is 0 Å². The number of piperazine rings is 1. The Morgan fingerprint density at radius 1 is 0.643 bits per heavy atom. The van der Waals surface area contributed by atoms with Crippen LogP contribution in [0.5, 0.6) is 0 Å². The van der Waals surface area contributed by atoms with Gasteiger partial charge in [0.2, 0.25) is 0 Å². The number of amides is 2. The Labute approximate surface area is 161 Å². The van der Waals surface area contributed by atoms with E-state index in [4.69, 9.17) is 0 Å². The van der Waals surface area contributed by atoms with Crippen LogP contribution >= 0.6 is 0 Å². The fourth-order valence-corrected chi connectivity index (χ4v) is 3.16. The highest BCUT2D eigenvalue weighted by Crippen LogP contribution is 2.15. The van der Waals surface area contributed by atoms with Crippen LogP contribution in [0, 0.1) is 0 Å². The third kappa shape index (κ3) is 4.03. The summed E-state index contributed by atoms with van der Waals surface area (Å²) in [5.41, 5.74) is 1.65. The number of carbonyl (C=O) groups is 5. The van der Waals surface area contributed by atoms with Crippen LogP contribution < -0.4 is 0 Å². The molecular weight excluding hydrogens is 360 g/mol. The van der Waals surface area contributed by atoms with Crippen LogP contribution in [0.4, 0.5) is 0 Å². The fourth-order valence-electron chi connectivity index (χ4n) is 3.16. The van der Waals surface area contributed by atoms with Gasteiger partial charge in [0.25, 0.3) is 11.8 Å². The average molecular weight is 378 g/mol. The van der Waals surface area contributed by atoms with Crippen LogP contribution in [0.1, 0.15) is 51.8 Å². The Morgan fingerprint density at radius 2 is 1.11 bits per heavy atom. The molecule has 0 N–H and O–H groups in total. The Hall–Kier alpha value is -3.61. The third-order valence-corrected chi connectivity index (χ3v) is 4.62. The lowest BCUT2D eigenvalue weighted by Gasteiger charge is -2.35. The van der Waals surface area contributed by atoms with Gasteiger partial charge < -0.3 is 9.80 Å². The number of hydrogen-bond donors (Lipinski definition) is 0. The molecule has 2 aromatic rings. The fraction of sp³-hybridized carbons (Fsp3) is 0.190. The van der Waals surface area contributed by atoms with E-state index in [0.29, 0.717) is 56.2 Å². The lowest BCUT2D eigenvalue weighted by Crippen LogP contribution is -2.50. The van der Waals surface area contributed by atoms with Gasteiger partial charge in [-0.05, 0) is 30.3 Å². The van der Waals surface area contributed by atoms with Crippen LogP contribution in [0.3, 0.4) is 0 Å². The van der Waals surface area contributed by atoms with E-state index in [2.05, 4.69) is 0 Å². The van der Waals surface area contributed by atoms with Gasteiger partial charge in [0.1, 0.15) is 18.9 Å². The van der Waals surface area contributed by atoms with E-state index in [1.807, 2.05) is 0 Å². The first-order valence-electron chi connectivity index (χ1n) is 8.75. The highest BCUT2D eigenvalue weighted by atomic mass is 16.2. The Balaban J connectivity index is 1.68. The molecule has 0 atom stereocenters. The van der Waals surface area contributed by atoms with Crippen LogP contribution in [-0.2, 0) is 0 Å². The van der Waals surface area contributed by atoms with Gasteiger partial charge in [0, 0.05) is 54.0 Å². The van der Waals surface area contributed by atoms with E-state index in [1.54, 1.807) is 34.1 Å². The second-order valence-electron chi connectivity index (χ2n) is 6.45. The number of aldehydes is 3. The van der Waals surface area contributed by atoms with Crippen LogP contribution in [0.25, 0.3) is 0 Å². The molecule has 1 heterocycles. The van der Waals surface area contributed by atoms with Crippen molar-refractivity contribution < 1.29 is 24.0 Å². The van der Waals surface area contributed by atoms with Gasteiger partial charge in [-0.2, -0.15) is 0 Å². The van der Waals surface area contributed by atoms with Crippen molar-refractivity contribution in [3.05, 3.63) is 70.3 Å². The first kappa shape index (κ1) is 19.2. The minimum Gasteiger partial charge on any atom is -0.335 e. The van der Waals surface area contributed by atoms with E-state index >= 15 is 0 Å². The topological polar surface area (TPSA) is 91.8 Å². The molecule has 1 fully saturated rings. The lowest BCUT2D eigenvalue weighted by atomic mass is 10.1. The van der Waals surface area contributed by atoms with Crippen LogP contribution in [0.2, 0.25) is 0 Å². The summed E-state index contributed by atoms with van der Waals surface area (Å²) in [5, 5.41) is 0. The number of benzene rings is 2. The standard InChI is InChI=1S/C21H18N2O5/c24-12-15-2-1-3-18(9-15)20(27)22-4-6-23(7-5-22)21(28)19-10-16(13-25)8-17(11-19)14-26/h1-3,8-14H,4-7H2. The molecule has 0 spiro atoms. The van der Waals surface area contributed by atoms with Gasteiger partial charge in [-0.15, -0.1) is 0 Å². The zero-order chi connectivity index (χ0) is 20.1. The summed E-state index contributed by atoms with van der Waals surface area (Å²) in [6.45, 7) is 1.37. The summed E-state index contributed by atoms with van der Waals surface area (Å²) >= 11 is 0. The molecular formula is C21H18N2O5. The molecule has 2 aromatic carbocycles. The second kappa shape index (κ2) is 8.39. The van der Waals surface area contributed by atoms with Gasteiger partial charge >= 0.3 is 0 Å². The molecule has 28 heavy (non-hydrogen) atoms. The van der Waals surface area contributed by atoms with Gasteiger partial charge in [-0.3, -0.25) is 24.0 Å². The van der Waals surface area contributed by atoms with Crippen molar-refractivity contribution in [2.75, 3.05) is 26.2 Å². The molecule has 1 aliphatic heterocycles. The van der Waals surface area contributed by atoms with E-state index in [1.165, 1.54) is 18.2 Å². The Morgan fingerprint density at radius 3 is 1.61 bits per heavy atom. The zero-order valence-corrected chi connectivity index (χ0v) is 15.0. The molecule has 1 aliphatic rings. The molecule has 1 saturated heterocycles. The minimum atomic E-state index is -0.290. The summed E-state index contributed by atoms with van der Waals surface area (Å²) in [6, 6.07) is 10.8. The predicted octanol–water partition coefficient (Wildman–Crippen LogP) is 1.72. The van der Waals surface area contributed by atoms with Crippen LogP contribution in [-0.4, -0.2) is 66.7 Å². The zero-order valence-electron chi connectivity index (χ0n) is 15.0. The SMILES string of the molecule is O=Cc1cccc(C(=O)N2CCN(C(=O)c3cc(C=O)cc(C=O)c3)CC2)c1. The van der Waals surface area contributed by atoms with Gasteiger partial charge in [0.15, 0.2) is 0 Å². The maximum absolute atomic E-state index is 12.7. The first-order valence-corrected chi connectivity index (χ1v) is 8.75. The van der Waals surface area contributed by atoms with Gasteiger partial charge in [-0.1, -0.05) is 12.1 Å². The third-order valence-electron chi connectivity index (χ3n) is 4.62. The summed E-state index contributed by atoms with van der Waals surface area (Å²) in [5.74, 6) is -0.483. The smallest absolute Gasteiger partial charge is 0.254 e. The Bertz CT molecular complexity index is 919. The minimum absolute atomic E-state index is 0.193. The van der Waals surface area contributed by atoms with Gasteiger partial charge in [-0.25, -0.2) is 0 Å². The maximum Gasteiger partial charge on any atom is 0.254 e. The summed E-state index contributed by atoms with van der Waals surface area (Å²) in [6.07, 6.45) is 1.87. The number of rotatable bonds is 5. The molecule has 0 aromatic heterocycles. The number of hydrogen-bond acceptors (Lipinski definition) is 5. The molecule has 0 radical (unpaired) electrons. The van der Waals surface area contributed by atoms with Crippen LogP contribution in [0.15, 0.2) is 42.5 Å². The van der Waals surface area contributed by atoms with Crippen molar-refractivity contribution >= 4 is 30.7 Å². The van der Waals surface area contributed by atoms with Crippen molar-refractivity contribution in [3.8, 4) is 0 Å². The number of carbonyl (C=O) groups excluding carboxylic acids is 5. The molecule has 2 amide bonds. The van der Waals surface area contributed by atoms with E-state index in [-0.39, 0.29) is 28.5 Å². The van der Waals surface area contributed by atoms with E-state index in [0.717, 1.165) is 0 Å². The highest BCUT2D eigenvalue weighted by molar-refractivity contribution is 5.98. The maximum atomic E-state index is 12.7. The Kier molecular flexibility index (Phi) is 5.74. The predicted molar refractivity (Wildman–Crippen MR) is 101 cm³/mol.